The van der Waals surface area contributed by atoms with Gasteiger partial charge in [-0.3, -0.25) is 14.5 Å². The van der Waals surface area contributed by atoms with E-state index in [1.165, 1.54) is 17.7 Å². The van der Waals surface area contributed by atoms with E-state index in [9.17, 15) is 14.0 Å². The van der Waals surface area contributed by atoms with Crippen LogP contribution in [0.25, 0.3) is 0 Å². The molecule has 0 bridgehead atoms. The van der Waals surface area contributed by atoms with Gasteiger partial charge in [-0.2, -0.15) is 0 Å². The maximum atomic E-state index is 14.0. The number of aromatic nitrogens is 2. The molecule has 0 saturated carbocycles. The second-order valence-electron chi connectivity index (χ2n) is 11.2. The summed E-state index contributed by atoms with van der Waals surface area (Å²) in [4.78, 5) is 38.2. The van der Waals surface area contributed by atoms with E-state index in [2.05, 4.69) is 34.1 Å². The van der Waals surface area contributed by atoms with Gasteiger partial charge in [0.2, 0.25) is 5.91 Å². The van der Waals surface area contributed by atoms with Crippen molar-refractivity contribution < 1.29 is 14.0 Å². The molecule has 1 aliphatic rings. The summed E-state index contributed by atoms with van der Waals surface area (Å²) in [5.74, 6) is 0.409. The molecule has 0 fully saturated rings. The molecule has 224 valence electrons. The molecule has 1 aliphatic heterocycles. The topological polar surface area (TPSA) is 61.7 Å². The zero-order chi connectivity index (χ0) is 30.2. The zero-order valence-electron chi connectivity index (χ0n) is 25.1. The number of hydrogen-bond acceptors (Lipinski definition) is 4. The summed E-state index contributed by atoms with van der Waals surface area (Å²) < 4.78 is 15.7. The summed E-state index contributed by atoms with van der Waals surface area (Å²) in [6.45, 7) is 8.49. The van der Waals surface area contributed by atoms with Gasteiger partial charge in [-0.1, -0.05) is 48.5 Å². The number of hydrogen-bond donors (Lipinski definition) is 0. The summed E-state index contributed by atoms with van der Waals surface area (Å²) in [6, 6.07) is 22.1. The van der Waals surface area contributed by atoms with Crippen LogP contribution in [0.4, 0.5) is 10.1 Å². The van der Waals surface area contributed by atoms with Crippen LogP contribution in [0.5, 0.6) is 0 Å². The third-order valence-electron chi connectivity index (χ3n) is 8.14. The molecule has 7 nitrogen and oxygen atoms in total. The summed E-state index contributed by atoms with van der Waals surface area (Å²) in [7, 11) is 0. The molecule has 5 rings (SSSR count). The Labute approximate surface area is 253 Å². The van der Waals surface area contributed by atoms with Crippen LogP contribution >= 0.6 is 0 Å². The van der Waals surface area contributed by atoms with Crippen molar-refractivity contribution in [1.29, 1.82) is 0 Å². The number of carbonyl (C=O) groups excluding carboxylic acids is 2. The summed E-state index contributed by atoms with van der Waals surface area (Å²) in [5, 5.41) is 0. The average Bonchev–Trinajstić information content (AvgIpc) is 3.42. The lowest BCUT2D eigenvalue weighted by Crippen LogP contribution is -2.39. The molecule has 2 amide bonds. The van der Waals surface area contributed by atoms with Gasteiger partial charge in [0.1, 0.15) is 11.6 Å². The molecule has 2 heterocycles. The van der Waals surface area contributed by atoms with Gasteiger partial charge in [-0.25, -0.2) is 9.37 Å². The predicted molar refractivity (Wildman–Crippen MR) is 167 cm³/mol. The second-order valence-corrected chi connectivity index (χ2v) is 11.2. The number of benzene rings is 3. The smallest absolute Gasteiger partial charge is 0.258 e. The first-order valence-corrected chi connectivity index (χ1v) is 15.1. The number of nitrogens with zero attached hydrogens (tertiary/aromatic N) is 5. The molecular weight excluding hydrogens is 541 g/mol. The van der Waals surface area contributed by atoms with Crippen molar-refractivity contribution in [1.82, 2.24) is 19.4 Å². The molecular formula is C35H40FN5O2. The van der Waals surface area contributed by atoms with Crippen molar-refractivity contribution in [3.05, 3.63) is 119 Å². The summed E-state index contributed by atoms with van der Waals surface area (Å²) >= 11 is 0. The minimum absolute atomic E-state index is 0.0728. The lowest BCUT2D eigenvalue weighted by Gasteiger charge is -2.33. The number of para-hydroxylation sites is 1. The van der Waals surface area contributed by atoms with E-state index in [-0.39, 0.29) is 17.6 Å². The highest BCUT2D eigenvalue weighted by Crippen LogP contribution is 2.29. The standard InChI is InChI=1S/C35H40FN5O2/c1-27-9-6-12-31-26-40(33(42)17-23-39-24-18-37-28(39)2)21-7-19-38(25-29-10-4-3-5-11-29)20-8-22-41(34(27)31)35(43)30-13-15-32(36)16-14-30/h3-6,9-16,18,24H,7-8,17,19-23,25-26H2,1-2H3. The van der Waals surface area contributed by atoms with Crippen LogP contribution in [0.1, 0.15) is 52.1 Å². The van der Waals surface area contributed by atoms with Crippen LogP contribution in [-0.2, 0) is 24.4 Å². The van der Waals surface area contributed by atoms with Crippen LogP contribution in [0, 0.1) is 19.7 Å². The van der Waals surface area contributed by atoms with Gasteiger partial charge in [0.15, 0.2) is 0 Å². The first-order valence-electron chi connectivity index (χ1n) is 15.1. The first kappa shape index (κ1) is 30.2. The van der Waals surface area contributed by atoms with Gasteiger partial charge < -0.3 is 14.4 Å². The largest absolute Gasteiger partial charge is 0.338 e. The average molecular weight is 582 g/mol. The molecule has 43 heavy (non-hydrogen) atoms. The lowest BCUT2D eigenvalue weighted by atomic mass is 10.0. The Kier molecular flexibility index (Phi) is 10.00. The van der Waals surface area contributed by atoms with Crippen molar-refractivity contribution in [2.45, 2.75) is 52.7 Å². The lowest BCUT2D eigenvalue weighted by molar-refractivity contribution is -0.132. The number of anilines is 1. The fraction of sp³-hybridized carbons (Fsp3) is 0.343. The van der Waals surface area contributed by atoms with E-state index in [4.69, 9.17) is 0 Å². The van der Waals surface area contributed by atoms with E-state index in [1.807, 2.05) is 58.7 Å². The third kappa shape index (κ3) is 7.76. The number of rotatable bonds is 6. The van der Waals surface area contributed by atoms with Crippen LogP contribution in [-0.4, -0.2) is 57.3 Å². The maximum absolute atomic E-state index is 14.0. The molecule has 1 aromatic heterocycles. The van der Waals surface area contributed by atoms with Crippen molar-refractivity contribution in [2.24, 2.45) is 0 Å². The van der Waals surface area contributed by atoms with Gasteiger partial charge in [0, 0.05) is 70.2 Å². The van der Waals surface area contributed by atoms with Crippen molar-refractivity contribution in [3.8, 4) is 0 Å². The number of imidazole rings is 1. The van der Waals surface area contributed by atoms with E-state index in [0.717, 1.165) is 55.1 Å². The molecule has 4 aromatic rings. The van der Waals surface area contributed by atoms with E-state index < -0.39 is 0 Å². The van der Waals surface area contributed by atoms with E-state index in [0.29, 0.717) is 38.2 Å². The van der Waals surface area contributed by atoms with Gasteiger partial charge in [-0.05, 0) is 67.6 Å². The normalized spacial score (nSPS) is 15.0. The van der Waals surface area contributed by atoms with Gasteiger partial charge in [0.25, 0.3) is 5.91 Å². The van der Waals surface area contributed by atoms with Crippen LogP contribution in [0.3, 0.4) is 0 Å². The fourth-order valence-corrected chi connectivity index (χ4v) is 5.86. The molecule has 0 saturated heterocycles. The minimum atomic E-state index is -0.376. The number of fused-ring (bicyclic) bond motifs is 1. The van der Waals surface area contributed by atoms with Crippen molar-refractivity contribution in [3.63, 3.8) is 0 Å². The number of amides is 2. The van der Waals surface area contributed by atoms with Crippen LogP contribution in [0.2, 0.25) is 0 Å². The molecule has 0 spiro atoms. The van der Waals surface area contributed by atoms with E-state index >= 15 is 0 Å². The molecule has 0 atom stereocenters. The molecule has 0 N–H and O–H groups in total. The number of carbonyl (C=O) groups is 2. The Morgan fingerprint density at radius 2 is 1.60 bits per heavy atom. The SMILES string of the molecule is Cc1cccc2c1N(C(=O)c1ccc(F)cc1)CCCN(Cc1ccccc1)CCCN(C(=O)CCn1ccnc1C)C2. The van der Waals surface area contributed by atoms with Gasteiger partial charge in [-0.15, -0.1) is 0 Å². The quantitative estimate of drug-likeness (QED) is 0.280. The van der Waals surface area contributed by atoms with Gasteiger partial charge in [0.05, 0.1) is 5.69 Å². The molecule has 0 unspecified atom stereocenters. The molecule has 8 heteroatoms. The Balaban J connectivity index is 1.46. The summed E-state index contributed by atoms with van der Waals surface area (Å²) in [6.07, 6.45) is 5.65. The Morgan fingerprint density at radius 3 is 2.33 bits per heavy atom. The van der Waals surface area contributed by atoms with Crippen molar-refractivity contribution >= 4 is 17.5 Å². The second kappa shape index (κ2) is 14.2. The fourth-order valence-electron chi connectivity index (χ4n) is 5.86. The molecule has 0 aliphatic carbocycles. The Bertz CT molecular complexity index is 1520. The Hall–Kier alpha value is -4.30. The van der Waals surface area contributed by atoms with Crippen LogP contribution in [0.15, 0.2) is 85.2 Å². The summed E-state index contributed by atoms with van der Waals surface area (Å²) in [5.41, 5.74) is 4.40. The predicted octanol–water partition coefficient (Wildman–Crippen LogP) is 6.00. The monoisotopic (exact) mass is 581 g/mol. The van der Waals surface area contributed by atoms with Crippen molar-refractivity contribution in [2.75, 3.05) is 31.1 Å². The van der Waals surface area contributed by atoms with Gasteiger partial charge >= 0.3 is 0 Å². The Morgan fingerprint density at radius 1 is 0.860 bits per heavy atom. The highest BCUT2D eigenvalue weighted by Gasteiger charge is 2.25. The minimum Gasteiger partial charge on any atom is -0.338 e. The van der Waals surface area contributed by atoms with E-state index in [1.54, 1.807) is 18.3 Å². The zero-order valence-corrected chi connectivity index (χ0v) is 25.1. The third-order valence-corrected chi connectivity index (χ3v) is 8.14. The first-order chi connectivity index (χ1) is 20.9. The number of aryl methyl sites for hydroxylation is 3. The highest BCUT2D eigenvalue weighted by molar-refractivity contribution is 6.07. The number of halogens is 1. The maximum Gasteiger partial charge on any atom is 0.258 e. The molecule has 3 aromatic carbocycles. The van der Waals surface area contributed by atoms with Crippen LogP contribution < -0.4 is 4.90 Å². The molecule has 0 radical (unpaired) electrons. The highest BCUT2D eigenvalue weighted by atomic mass is 19.1.